The number of aliphatic hydroxyl groups is 1. The molecule has 18 heavy (non-hydrogen) atoms. The van der Waals surface area contributed by atoms with E-state index >= 15 is 0 Å². The molecule has 1 saturated carbocycles. The van der Waals surface area contributed by atoms with Gasteiger partial charge in [-0.25, -0.2) is 4.79 Å². The zero-order valence-electron chi connectivity index (χ0n) is 11.1. The van der Waals surface area contributed by atoms with E-state index in [0.29, 0.717) is 11.5 Å². The number of hydrogen-bond acceptors (Lipinski definition) is 2. The fourth-order valence-electron chi connectivity index (χ4n) is 3.63. The van der Waals surface area contributed by atoms with E-state index in [-0.39, 0.29) is 17.8 Å². The molecule has 3 heteroatoms. The minimum atomic E-state index is -0.907. The molecule has 2 N–H and O–H groups in total. The second-order valence-corrected chi connectivity index (χ2v) is 6.33. The van der Waals surface area contributed by atoms with Crippen LogP contribution in [0.25, 0.3) is 0 Å². The van der Waals surface area contributed by atoms with Gasteiger partial charge in [-0.3, -0.25) is 0 Å². The normalized spacial score (nSPS) is 38.3. The minimum absolute atomic E-state index is 0.0843. The highest BCUT2D eigenvalue weighted by Gasteiger charge is 2.51. The molecule has 0 heterocycles. The Labute approximate surface area is 108 Å². The van der Waals surface area contributed by atoms with Crippen LogP contribution >= 0.6 is 0 Å². The van der Waals surface area contributed by atoms with E-state index < -0.39 is 12.1 Å². The Morgan fingerprint density at radius 3 is 2.72 bits per heavy atom. The van der Waals surface area contributed by atoms with Crippen LogP contribution in [0.5, 0.6) is 0 Å². The Balaban J connectivity index is 2.25. The quantitative estimate of drug-likeness (QED) is 0.703. The molecule has 2 aliphatic rings. The first-order valence-electron chi connectivity index (χ1n) is 6.61. The molecule has 2 aliphatic carbocycles. The Hall–Kier alpha value is -1.09. The van der Waals surface area contributed by atoms with E-state index in [2.05, 4.69) is 20.4 Å². The van der Waals surface area contributed by atoms with Gasteiger partial charge in [-0.15, -0.1) is 0 Å². The van der Waals surface area contributed by atoms with E-state index in [1.807, 2.05) is 0 Å². The van der Waals surface area contributed by atoms with Gasteiger partial charge in [-0.2, -0.15) is 0 Å². The van der Waals surface area contributed by atoms with Crippen LogP contribution in [0.3, 0.4) is 0 Å². The SMILES string of the molecule is C=C1CC/C=C(\C(=O)O)C[C@H](O)[C@H]2[C@@H]1CC2(C)C. The maximum atomic E-state index is 11.1. The van der Waals surface area contributed by atoms with Gasteiger partial charge in [0.2, 0.25) is 0 Å². The van der Waals surface area contributed by atoms with E-state index in [4.69, 9.17) is 5.11 Å². The lowest BCUT2D eigenvalue weighted by atomic mass is 9.51. The summed E-state index contributed by atoms with van der Waals surface area (Å²) in [7, 11) is 0. The van der Waals surface area contributed by atoms with Crippen molar-refractivity contribution in [2.75, 3.05) is 0 Å². The molecule has 0 spiro atoms. The highest BCUT2D eigenvalue weighted by atomic mass is 16.4. The standard InChI is InChI=1S/C15H22O3/c1-9-5-4-6-10(14(17)18)7-12(16)13-11(9)8-15(13,2)3/h6,11-13,16H,1,4-5,7-8H2,2-3H3,(H,17,18)/b10-6-/t11-,12+,13-/m1/s1. The summed E-state index contributed by atoms with van der Waals surface area (Å²) in [4.78, 5) is 11.1. The summed E-state index contributed by atoms with van der Waals surface area (Å²) in [6, 6.07) is 0. The van der Waals surface area contributed by atoms with Gasteiger partial charge in [0.15, 0.2) is 0 Å². The molecule has 0 amide bonds. The van der Waals surface area contributed by atoms with Crippen LogP contribution in [0.1, 0.15) is 39.5 Å². The van der Waals surface area contributed by atoms with Crippen LogP contribution in [0.4, 0.5) is 0 Å². The Morgan fingerprint density at radius 2 is 2.17 bits per heavy atom. The van der Waals surface area contributed by atoms with Crippen LogP contribution in [0.2, 0.25) is 0 Å². The average Bonchev–Trinajstić information content (AvgIpc) is 2.27. The number of rotatable bonds is 1. The molecule has 3 nitrogen and oxygen atoms in total. The van der Waals surface area contributed by atoms with Crippen LogP contribution in [0, 0.1) is 17.3 Å². The van der Waals surface area contributed by atoms with E-state index in [1.165, 1.54) is 5.57 Å². The fourth-order valence-corrected chi connectivity index (χ4v) is 3.63. The van der Waals surface area contributed by atoms with Gasteiger partial charge < -0.3 is 10.2 Å². The maximum absolute atomic E-state index is 11.1. The van der Waals surface area contributed by atoms with Crippen molar-refractivity contribution in [2.24, 2.45) is 17.3 Å². The number of aliphatic hydroxyl groups excluding tert-OH is 1. The lowest BCUT2D eigenvalue weighted by Crippen LogP contribution is -2.51. The third-order valence-corrected chi connectivity index (χ3v) is 4.58. The summed E-state index contributed by atoms with van der Waals surface area (Å²) < 4.78 is 0. The summed E-state index contributed by atoms with van der Waals surface area (Å²) in [6.45, 7) is 8.41. The van der Waals surface area contributed by atoms with Crippen LogP contribution in [0.15, 0.2) is 23.8 Å². The molecule has 0 aromatic heterocycles. The molecule has 0 bridgehead atoms. The predicted octanol–water partition coefficient (Wildman–Crippen LogP) is 2.76. The van der Waals surface area contributed by atoms with Crippen molar-refractivity contribution < 1.29 is 15.0 Å². The predicted molar refractivity (Wildman–Crippen MR) is 70.1 cm³/mol. The molecule has 0 aromatic rings. The van der Waals surface area contributed by atoms with Crippen LogP contribution in [-0.4, -0.2) is 22.3 Å². The monoisotopic (exact) mass is 250 g/mol. The maximum Gasteiger partial charge on any atom is 0.331 e. The second kappa shape index (κ2) is 4.54. The van der Waals surface area contributed by atoms with Crippen molar-refractivity contribution in [1.29, 1.82) is 0 Å². The number of hydrogen-bond donors (Lipinski definition) is 2. The summed E-state index contributed by atoms with van der Waals surface area (Å²) in [5.41, 5.74) is 1.60. The molecular formula is C15H22O3. The largest absolute Gasteiger partial charge is 0.478 e. The van der Waals surface area contributed by atoms with Gasteiger partial charge in [0.05, 0.1) is 6.10 Å². The molecule has 100 valence electrons. The summed E-state index contributed by atoms with van der Waals surface area (Å²) >= 11 is 0. The number of carbonyl (C=O) groups is 1. The zero-order valence-corrected chi connectivity index (χ0v) is 11.1. The highest BCUT2D eigenvalue weighted by Crippen LogP contribution is 2.56. The molecule has 0 aromatic carbocycles. The van der Waals surface area contributed by atoms with Crippen molar-refractivity contribution in [2.45, 2.75) is 45.6 Å². The first-order chi connectivity index (χ1) is 8.33. The van der Waals surface area contributed by atoms with Crippen molar-refractivity contribution >= 4 is 5.97 Å². The van der Waals surface area contributed by atoms with Gasteiger partial charge >= 0.3 is 5.97 Å². The number of fused-ring (bicyclic) bond motifs is 1. The number of aliphatic carboxylic acids is 1. The van der Waals surface area contributed by atoms with Crippen molar-refractivity contribution in [3.8, 4) is 0 Å². The Morgan fingerprint density at radius 1 is 1.50 bits per heavy atom. The summed E-state index contributed by atoms with van der Waals surface area (Å²) in [6.07, 6.45) is 4.03. The van der Waals surface area contributed by atoms with Gasteiger partial charge in [0, 0.05) is 12.0 Å². The summed E-state index contributed by atoms with van der Waals surface area (Å²) in [5.74, 6) is -0.405. The molecule has 0 aliphatic heterocycles. The smallest absolute Gasteiger partial charge is 0.331 e. The first-order valence-corrected chi connectivity index (χ1v) is 6.61. The van der Waals surface area contributed by atoms with E-state index in [1.54, 1.807) is 6.08 Å². The molecule has 0 saturated heterocycles. The number of allylic oxidation sites excluding steroid dienone is 2. The van der Waals surface area contributed by atoms with Gasteiger partial charge in [-0.05, 0) is 36.5 Å². The highest BCUT2D eigenvalue weighted by molar-refractivity contribution is 5.86. The van der Waals surface area contributed by atoms with Crippen molar-refractivity contribution in [3.63, 3.8) is 0 Å². The topological polar surface area (TPSA) is 57.5 Å². The van der Waals surface area contributed by atoms with E-state index in [0.717, 1.165) is 19.3 Å². The molecule has 1 fully saturated rings. The first kappa shape index (κ1) is 13.3. The van der Waals surface area contributed by atoms with Crippen molar-refractivity contribution in [1.82, 2.24) is 0 Å². The molecule has 2 rings (SSSR count). The molecular weight excluding hydrogens is 228 g/mol. The summed E-state index contributed by atoms with van der Waals surface area (Å²) in [5, 5.41) is 19.5. The lowest BCUT2D eigenvalue weighted by molar-refractivity contribution is -0.134. The van der Waals surface area contributed by atoms with Crippen LogP contribution in [-0.2, 0) is 4.79 Å². The lowest BCUT2D eigenvalue weighted by Gasteiger charge is -2.54. The molecule has 3 atom stereocenters. The number of carboxylic acids is 1. The Bertz CT molecular complexity index is 406. The van der Waals surface area contributed by atoms with Crippen molar-refractivity contribution in [3.05, 3.63) is 23.8 Å². The average molecular weight is 250 g/mol. The fraction of sp³-hybridized carbons (Fsp3) is 0.667. The zero-order chi connectivity index (χ0) is 13.5. The van der Waals surface area contributed by atoms with Crippen LogP contribution < -0.4 is 0 Å². The van der Waals surface area contributed by atoms with Gasteiger partial charge in [0.25, 0.3) is 0 Å². The second-order valence-electron chi connectivity index (χ2n) is 6.33. The third-order valence-electron chi connectivity index (χ3n) is 4.58. The molecule has 0 unspecified atom stereocenters. The minimum Gasteiger partial charge on any atom is -0.478 e. The van der Waals surface area contributed by atoms with E-state index in [9.17, 15) is 9.90 Å². The Kier molecular flexibility index (Phi) is 3.37. The van der Waals surface area contributed by atoms with Gasteiger partial charge in [0.1, 0.15) is 0 Å². The number of carboxylic acid groups (broad SMARTS) is 1. The molecule has 0 radical (unpaired) electrons. The third kappa shape index (κ3) is 2.24. The van der Waals surface area contributed by atoms with Gasteiger partial charge in [-0.1, -0.05) is 32.1 Å².